The topological polar surface area (TPSA) is 75.7 Å². The molecular formula is C24H23FN2O4S. The summed E-state index contributed by atoms with van der Waals surface area (Å²) in [6.45, 7) is 1.50. The van der Waals surface area contributed by atoms with Gasteiger partial charge in [0.05, 0.1) is 17.2 Å². The number of halogens is 1. The SMILES string of the molecule is CS(=O)(=O)c1ccc(CNC(=O)c2ccc3c(c2)OCCCN3c2ccc(F)cc2)cc1. The highest BCUT2D eigenvalue weighted by Crippen LogP contribution is 2.36. The van der Waals surface area contributed by atoms with Gasteiger partial charge < -0.3 is 15.0 Å². The Labute approximate surface area is 186 Å². The molecule has 0 saturated carbocycles. The van der Waals surface area contributed by atoms with Crippen LogP contribution in [0.4, 0.5) is 15.8 Å². The van der Waals surface area contributed by atoms with Gasteiger partial charge in [-0.25, -0.2) is 12.8 Å². The number of rotatable bonds is 5. The number of anilines is 2. The second-order valence-electron chi connectivity index (χ2n) is 7.61. The number of hydrogen-bond acceptors (Lipinski definition) is 5. The Bertz CT molecular complexity index is 1230. The van der Waals surface area contributed by atoms with Gasteiger partial charge >= 0.3 is 0 Å². The van der Waals surface area contributed by atoms with E-state index in [1.807, 2.05) is 11.0 Å². The zero-order chi connectivity index (χ0) is 22.7. The van der Waals surface area contributed by atoms with Crippen molar-refractivity contribution >= 4 is 27.1 Å². The van der Waals surface area contributed by atoms with E-state index in [0.717, 1.165) is 29.6 Å². The molecule has 32 heavy (non-hydrogen) atoms. The summed E-state index contributed by atoms with van der Waals surface area (Å²) in [5, 5.41) is 2.85. The first-order valence-corrected chi connectivity index (χ1v) is 12.1. The Balaban J connectivity index is 1.49. The monoisotopic (exact) mass is 454 g/mol. The van der Waals surface area contributed by atoms with Gasteiger partial charge in [-0.3, -0.25) is 4.79 Å². The molecule has 6 nitrogen and oxygen atoms in total. The molecule has 0 aliphatic carbocycles. The molecule has 1 aliphatic rings. The summed E-state index contributed by atoms with van der Waals surface area (Å²) in [5.41, 5.74) is 2.92. The summed E-state index contributed by atoms with van der Waals surface area (Å²) in [5.74, 6) is 0.0381. The van der Waals surface area contributed by atoms with E-state index in [9.17, 15) is 17.6 Å². The van der Waals surface area contributed by atoms with Gasteiger partial charge in [0.2, 0.25) is 0 Å². The van der Waals surface area contributed by atoms with Crippen molar-refractivity contribution in [3.05, 3.63) is 83.7 Å². The number of carbonyl (C=O) groups excluding carboxylic acids is 1. The van der Waals surface area contributed by atoms with Crippen LogP contribution < -0.4 is 15.0 Å². The van der Waals surface area contributed by atoms with E-state index in [1.54, 1.807) is 36.4 Å². The molecule has 166 valence electrons. The summed E-state index contributed by atoms with van der Waals surface area (Å²) in [4.78, 5) is 15.0. The first kappa shape index (κ1) is 21.8. The van der Waals surface area contributed by atoms with E-state index in [2.05, 4.69) is 5.32 Å². The number of nitrogens with zero attached hydrogens (tertiary/aromatic N) is 1. The molecule has 3 aromatic carbocycles. The lowest BCUT2D eigenvalue weighted by molar-refractivity contribution is 0.0950. The van der Waals surface area contributed by atoms with Crippen LogP contribution in [0, 0.1) is 5.82 Å². The molecule has 3 aromatic rings. The molecule has 8 heteroatoms. The Morgan fingerprint density at radius 2 is 1.78 bits per heavy atom. The lowest BCUT2D eigenvalue weighted by Crippen LogP contribution is -2.23. The molecule has 0 unspecified atom stereocenters. The van der Waals surface area contributed by atoms with E-state index < -0.39 is 9.84 Å². The number of amides is 1. The number of ether oxygens (including phenoxy) is 1. The molecule has 0 bridgehead atoms. The number of benzene rings is 3. The zero-order valence-corrected chi connectivity index (χ0v) is 18.4. The summed E-state index contributed by atoms with van der Waals surface area (Å²) in [6.07, 6.45) is 1.94. The van der Waals surface area contributed by atoms with Gasteiger partial charge in [-0.1, -0.05) is 12.1 Å². The van der Waals surface area contributed by atoms with Gasteiger partial charge in [0.25, 0.3) is 5.91 Å². The van der Waals surface area contributed by atoms with E-state index in [0.29, 0.717) is 24.5 Å². The third kappa shape index (κ3) is 4.91. The predicted octanol–water partition coefficient (Wildman–Crippen LogP) is 4.08. The van der Waals surface area contributed by atoms with Crippen LogP contribution in [-0.4, -0.2) is 33.7 Å². The van der Waals surface area contributed by atoms with Crippen LogP contribution in [0.1, 0.15) is 22.3 Å². The van der Waals surface area contributed by atoms with Gasteiger partial charge in [0.15, 0.2) is 9.84 Å². The Morgan fingerprint density at radius 3 is 2.47 bits per heavy atom. The van der Waals surface area contributed by atoms with E-state index in [1.165, 1.54) is 24.3 Å². The minimum Gasteiger partial charge on any atom is -0.491 e. The number of nitrogens with one attached hydrogen (secondary N) is 1. The van der Waals surface area contributed by atoms with Crippen molar-refractivity contribution in [3.8, 4) is 5.75 Å². The van der Waals surface area contributed by atoms with Crippen LogP contribution in [0.15, 0.2) is 71.6 Å². The first-order chi connectivity index (χ1) is 15.3. The van der Waals surface area contributed by atoms with Crippen LogP contribution in [0.2, 0.25) is 0 Å². The Hall–Kier alpha value is -3.39. The highest BCUT2D eigenvalue weighted by molar-refractivity contribution is 7.90. The minimum atomic E-state index is -3.26. The fraction of sp³-hybridized carbons (Fsp3) is 0.208. The highest BCUT2D eigenvalue weighted by Gasteiger charge is 2.20. The lowest BCUT2D eigenvalue weighted by Gasteiger charge is -2.24. The summed E-state index contributed by atoms with van der Waals surface area (Å²) in [6, 6.07) is 18.0. The van der Waals surface area contributed by atoms with E-state index in [4.69, 9.17) is 4.74 Å². The Kier molecular flexibility index (Phi) is 6.14. The molecule has 1 heterocycles. The fourth-order valence-corrected chi connectivity index (χ4v) is 4.18. The van der Waals surface area contributed by atoms with Crippen molar-refractivity contribution in [2.24, 2.45) is 0 Å². The second-order valence-corrected chi connectivity index (χ2v) is 9.63. The van der Waals surface area contributed by atoms with Gasteiger partial charge in [0, 0.05) is 30.6 Å². The van der Waals surface area contributed by atoms with Crippen molar-refractivity contribution in [1.29, 1.82) is 0 Å². The predicted molar refractivity (Wildman–Crippen MR) is 121 cm³/mol. The molecule has 1 aliphatic heterocycles. The molecule has 0 atom stereocenters. The molecular weight excluding hydrogens is 431 g/mol. The molecule has 0 spiro atoms. The standard InChI is InChI=1S/C24H23FN2O4S/c1-32(29,30)21-10-3-17(4-11-21)16-26-24(28)18-5-12-22-23(15-18)31-14-2-13-27(22)20-8-6-19(25)7-9-20/h3-12,15H,2,13-14,16H2,1H3,(H,26,28). The summed E-state index contributed by atoms with van der Waals surface area (Å²) in [7, 11) is -3.26. The van der Waals surface area contributed by atoms with Crippen LogP contribution >= 0.6 is 0 Å². The quantitative estimate of drug-likeness (QED) is 0.629. The van der Waals surface area contributed by atoms with Crippen molar-refractivity contribution in [2.75, 3.05) is 24.3 Å². The number of sulfone groups is 1. The maximum atomic E-state index is 13.3. The average Bonchev–Trinajstić information content (AvgIpc) is 2.99. The average molecular weight is 455 g/mol. The van der Waals surface area contributed by atoms with E-state index >= 15 is 0 Å². The van der Waals surface area contributed by atoms with Crippen LogP contribution in [0.3, 0.4) is 0 Å². The Morgan fingerprint density at radius 1 is 1.06 bits per heavy atom. The van der Waals surface area contributed by atoms with Gasteiger partial charge in [-0.2, -0.15) is 0 Å². The number of hydrogen-bond donors (Lipinski definition) is 1. The van der Waals surface area contributed by atoms with Gasteiger partial charge in [-0.15, -0.1) is 0 Å². The normalized spacial score (nSPS) is 13.6. The molecule has 0 fully saturated rings. The van der Waals surface area contributed by atoms with Crippen molar-refractivity contribution in [1.82, 2.24) is 5.32 Å². The van der Waals surface area contributed by atoms with Crippen molar-refractivity contribution in [3.63, 3.8) is 0 Å². The van der Waals surface area contributed by atoms with Gasteiger partial charge in [0.1, 0.15) is 11.6 Å². The highest BCUT2D eigenvalue weighted by atomic mass is 32.2. The summed E-state index contributed by atoms with van der Waals surface area (Å²) >= 11 is 0. The molecule has 1 N–H and O–H groups in total. The molecule has 0 radical (unpaired) electrons. The molecule has 1 amide bonds. The fourth-order valence-electron chi connectivity index (χ4n) is 3.55. The van der Waals surface area contributed by atoms with Gasteiger partial charge in [-0.05, 0) is 66.6 Å². The van der Waals surface area contributed by atoms with Crippen LogP contribution in [0.5, 0.6) is 5.75 Å². The molecule has 0 saturated heterocycles. The van der Waals surface area contributed by atoms with Crippen LogP contribution in [-0.2, 0) is 16.4 Å². The summed E-state index contributed by atoms with van der Waals surface area (Å²) < 4.78 is 42.3. The maximum Gasteiger partial charge on any atom is 0.251 e. The number of carbonyl (C=O) groups is 1. The zero-order valence-electron chi connectivity index (χ0n) is 17.5. The first-order valence-electron chi connectivity index (χ1n) is 10.2. The molecule has 4 rings (SSSR count). The minimum absolute atomic E-state index is 0.237. The molecule has 0 aromatic heterocycles. The lowest BCUT2D eigenvalue weighted by atomic mass is 10.1. The van der Waals surface area contributed by atoms with Crippen molar-refractivity contribution < 1.29 is 22.3 Å². The maximum absolute atomic E-state index is 13.3. The second kappa shape index (κ2) is 9.00. The van der Waals surface area contributed by atoms with Crippen molar-refractivity contribution in [2.45, 2.75) is 17.9 Å². The smallest absolute Gasteiger partial charge is 0.251 e. The number of fused-ring (bicyclic) bond motifs is 1. The van der Waals surface area contributed by atoms with E-state index in [-0.39, 0.29) is 23.2 Å². The van der Waals surface area contributed by atoms with Crippen LogP contribution in [0.25, 0.3) is 0 Å². The largest absolute Gasteiger partial charge is 0.491 e. The third-order valence-corrected chi connectivity index (χ3v) is 6.37. The third-order valence-electron chi connectivity index (χ3n) is 5.24.